The van der Waals surface area contributed by atoms with Crippen LogP contribution >= 0.6 is 15.9 Å². The van der Waals surface area contributed by atoms with Crippen molar-refractivity contribution in [3.05, 3.63) is 63.1 Å². The van der Waals surface area contributed by atoms with E-state index >= 15 is 0 Å². The number of benzene rings is 2. The van der Waals surface area contributed by atoms with Crippen molar-refractivity contribution in [1.82, 2.24) is 0 Å². The van der Waals surface area contributed by atoms with E-state index in [1.165, 1.54) is 29.3 Å². The van der Waals surface area contributed by atoms with Crippen molar-refractivity contribution in [2.75, 3.05) is 9.91 Å². The largest absolute Gasteiger partial charge is 0.271 e. The van der Waals surface area contributed by atoms with E-state index in [1.807, 2.05) is 0 Å². The van der Waals surface area contributed by atoms with Gasteiger partial charge in [0.05, 0.1) is 16.3 Å². The summed E-state index contributed by atoms with van der Waals surface area (Å²) in [4.78, 5) is 36.8. The van der Waals surface area contributed by atoms with Gasteiger partial charge in [-0.25, -0.2) is 9.91 Å². The first-order chi connectivity index (χ1) is 12.5. The molecule has 9 nitrogen and oxygen atoms in total. The van der Waals surface area contributed by atoms with Crippen LogP contribution in [0.1, 0.15) is 0 Å². The average molecular weight is 416 g/mol. The number of nitro groups is 1. The standard InChI is InChI=1S/C16H10BrN5O4/c17-9-1-3-10(4-2-9)20-15(23)13-14(16(20)24)21(19-18-13)11-5-7-12(8-6-11)22(25)26/h1-8,13-14H/t13-,14+/m0/s1. The fraction of sp³-hybridized carbons (Fsp3) is 0.125. The number of amides is 2. The molecule has 0 radical (unpaired) electrons. The summed E-state index contributed by atoms with van der Waals surface area (Å²) < 4.78 is 0.827. The Morgan fingerprint density at radius 1 is 0.962 bits per heavy atom. The molecule has 4 rings (SSSR count). The van der Waals surface area contributed by atoms with Gasteiger partial charge >= 0.3 is 0 Å². The molecular formula is C16H10BrN5O4. The van der Waals surface area contributed by atoms with E-state index in [-0.39, 0.29) is 5.69 Å². The summed E-state index contributed by atoms with van der Waals surface area (Å²) in [6.07, 6.45) is 0. The number of fused-ring (bicyclic) bond motifs is 1. The van der Waals surface area contributed by atoms with Gasteiger partial charge in [-0.1, -0.05) is 21.2 Å². The predicted molar refractivity (Wildman–Crippen MR) is 94.6 cm³/mol. The SMILES string of the molecule is O=C1[C@H]2N=NN(c3ccc([N+](=O)[O-])cc3)[C@H]2C(=O)N1c1ccc(Br)cc1. The van der Waals surface area contributed by atoms with E-state index in [1.54, 1.807) is 24.3 Å². The Labute approximate surface area is 155 Å². The van der Waals surface area contributed by atoms with Crippen molar-refractivity contribution in [2.45, 2.75) is 12.1 Å². The second-order valence-corrected chi connectivity index (χ2v) is 6.62. The minimum atomic E-state index is -0.929. The Morgan fingerprint density at radius 3 is 2.19 bits per heavy atom. The van der Waals surface area contributed by atoms with Crippen molar-refractivity contribution in [1.29, 1.82) is 0 Å². The van der Waals surface area contributed by atoms with Gasteiger partial charge in [0.1, 0.15) is 0 Å². The van der Waals surface area contributed by atoms with Crippen molar-refractivity contribution >= 4 is 44.8 Å². The van der Waals surface area contributed by atoms with Gasteiger partial charge in [0.2, 0.25) is 0 Å². The van der Waals surface area contributed by atoms with E-state index in [4.69, 9.17) is 0 Å². The van der Waals surface area contributed by atoms with E-state index < -0.39 is 28.8 Å². The maximum absolute atomic E-state index is 12.9. The van der Waals surface area contributed by atoms with Gasteiger partial charge in [0, 0.05) is 16.6 Å². The van der Waals surface area contributed by atoms with Crippen LogP contribution in [0.25, 0.3) is 0 Å². The maximum atomic E-state index is 12.9. The lowest BCUT2D eigenvalue weighted by atomic mass is 10.1. The molecule has 1 saturated heterocycles. The number of nitro benzene ring substituents is 1. The lowest BCUT2D eigenvalue weighted by Crippen LogP contribution is -2.39. The van der Waals surface area contributed by atoms with Gasteiger partial charge in [-0.3, -0.25) is 19.7 Å². The number of hydrogen-bond acceptors (Lipinski definition) is 7. The number of carbonyl (C=O) groups excluding carboxylic acids is 2. The van der Waals surface area contributed by atoms with Crippen LogP contribution in [0.15, 0.2) is 63.3 Å². The fourth-order valence-corrected chi connectivity index (χ4v) is 3.21. The minimum Gasteiger partial charge on any atom is -0.271 e. The first-order valence-electron chi connectivity index (χ1n) is 7.55. The van der Waals surface area contributed by atoms with Crippen LogP contribution in [-0.2, 0) is 9.59 Å². The average Bonchev–Trinajstić information content (AvgIpc) is 3.17. The predicted octanol–water partition coefficient (Wildman–Crippen LogP) is 2.86. The molecule has 10 heteroatoms. The number of nitrogens with zero attached hydrogens (tertiary/aromatic N) is 5. The first kappa shape index (κ1) is 16.3. The summed E-state index contributed by atoms with van der Waals surface area (Å²) in [6.45, 7) is 0. The molecule has 0 aromatic heterocycles. The second-order valence-electron chi connectivity index (χ2n) is 5.70. The van der Waals surface area contributed by atoms with E-state index in [0.29, 0.717) is 11.4 Å². The molecule has 1 fully saturated rings. The molecule has 2 aromatic carbocycles. The van der Waals surface area contributed by atoms with Crippen molar-refractivity contribution < 1.29 is 14.5 Å². The third kappa shape index (κ3) is 2.46. The van der Waals surface area contributed by atoms with Gasteiger partial charge in [-0.2, -0.15) is 5.11 Å². The van der Waals surface area contributed by atoms with Crippen LogP contribution in [0.4, 0.5) is 17.1 Å². The molecule has 0 spiro atoms. The molecule has 2 aromatic rings. The van der Waals surface area contributed by atoms with Crippen LogP contribution in [0.5, 0.6) is 0 Å². The van der Waals surface area contributed by atoms with E-state index in [2.05, 4.69) is 26.3 Å². The lowest BCUT2D eigenvalue weighted by Gasteiger charge is -2.20. The van der Waals surface area contributed by atoms with E-state index in [0.717, 1.165) is 9.37 Å². The number of halogens is 1. The molecule has 0 aliphatic carbocycles. The number of anilines is 2. The van der Waals surface area contributed by atoms with Crippen molar-refractivity contribution in [3.63, 3.8) is 0 Å². The van der Waals surface area contributed by atoms with Crippen LogP contribution in [0, 0.1) is 10.1 Å². The first-order valence-corrected chi connectivity index (χ1v) is 8.34. The highest BCUT2D eigenvalue weighted by Crippen LogP contribution is 2.35. The Morgan fingerprint density at radius 2 is 1.58 bits per heavy atom. The monoisotopic (exact) mass is 415 g/mol. The molecule has 2 aliphatic rings. The molecule has 0 unspecified atom stereocenters. The summed E-state index contributed by atoms with van der Waals surface area (Å²) >= 11 is 3.31. The maximum Gasteiger partial charge on any atom is 0.269 e. The summed E-state index contributed by atoms with van der Waals surface area (Å²) in [5.74, 6) is -0.888. The Kier molecular flexibility index (Phi) is 3.76. The molecule has 26 heavy (non-hydrogen) atoms. The molecule has 2 atom stereocenters. The summed E-state index contributed by atoms with van der Waals surface area (Å²) in [6, 6.07) is 10.5. The third-order valence-corrected chi connectivity index (χ3v) is 4.72. The zero-order valence-electron chi connectivity index (χ0n) is 13.0. The molecule has 2 heterocycles. The smallest absolute Gasteiger partial charge is 0.269 e. The molecule has 0 N–H and O–H groups in total. The number of hydrogen-bond donors (Lipinski definition) is 0. The highest BCUT2D eigenvalue weighted by molar-refractivity contribution is 9.10. The van der Waals surface area contributed by atoms with Gasteiger partial charge in [0.15, 0.2) is 12.1 Å². The van der Waals surface area contributed by atoms with Gasteiger partial charge in [0.25, 0.3) is 17.5 Å². The summed E-state index contributed by atoms with van der Waals surface area (Å²) in [7, 11) is 0. The molecular weight excluding hydrogens is 406 g/mol. The summed E-state index contributed by atoms with van der Waals surface area (Å²) in [5, 5.41) is 20.0. The number of carbonyl (C=O) groups is 2. The Bertz CT molecular complexity index is 944. The lowest BCUT2D eigenvalue weighted by molar-refractivity contribution is -0.384. The van der Waals surface area contributed by atoms with Crippen LogP contribution in [0.3, 0.4) is 0 Å². The normalized spacial score (nSPS) is 21.4. The van der Waals surface area contributed by atoms with Crippen molar-refractivity contribution in [2.24, 2.45) is 10.3 Å². The van der Waals surface area contributed by atoms with Crippen molar-refractivity contribution in [3.8, 4) is 0 Å². The molecule has 0 saturated carbocycles. The second kappa shape index (κ2) is 5.99. The molecule has 2 aliphatic heterocycles. The van der Waals surface area contributed by atoms with Crippen LogP contribution in [0.2, 0.25) is 0 Å². The number of non-ortho nitro benzene ring substituents is 1. The molecule has 0 bridgehead atoms. The fourth-order valence-electron chi connectivity index (χ4n) is 2.95. The zero-order valence-corrected chi connectivity index (χ0v) is 14.6. The molecule has 130 valence electrons. The van der Waals surface area contributed by atoms with Gasteiger partial charge in [-0.05, 0) is 36.4 Å². The number of rotatable bonds is 3. The highest BCUT2D eigenvalue weighted by atomic mass is 79.9. The van der Waals surface area contributed by atoms with Gasteiger partial charge in [-0.15, -0.1) is 0 Å². The Balaban J connectivity index is 1.65. The zero-order chi connectivity index (χ0) is 18.4. The van der Waals surface area contributed by atoms with E-state index in [9.17, 15) is 19.7 Å². The van der Waals surface area contributed by atoms with Crippen LogP contribution < -0.4 is 9.91 Å². The van der Waals surface area contributed by atoms with Crippen LogP contribution in [-0.4, -0.2) is 28.8 Å². The molecule has 2 amide bonds. The summed E-state index contributed by atoms with van der Waals surface area (Å²) in [5.41, 5.74) is 0.828. The highest BCUT2D eigenvalue weighted by Gasteiger charge is 2.55. The van der Waals surface area contributed by atoms with Gasteiger partial charge < -0.3 is 0 Å². The third-order valence-electron chi connectivity index (χ3n) is 4.19. The quantitative estimate of drug-likeness (QED) is 0.434. The topological polar surface area (TPSA) is 108 Å². The Hall–Kier alpha value is -3.14. The number of imide groups is 1. The minimum absolute atomic E-state index is 0.0771.